The Morgan fingerprint density at radius 2 is 1.76 bits per heavy atom. The van der Waals surface area contributed by atoms with Gasteiger partial charge in [-0.3, -0.25) is 9.10 Å². The summed E-state index contributed by atoms with van der Waals surface area (Å²) in [7, 11) is 0.606. The van der Waals surface area contributed by atoms with Crippen LogP contribution in [0.4, 0.5) is 0 Å². The molecule has 0 bridgehead atoms. The number of aromatic nitrogens is 1. The highest BCUT2D eigenvalue weighted by molar-refractivity contribution is 7.89. The van der Waals surface area contributed by atoms with E-state index in [0.717, 1.165) is 4.31 Å². The SMILES string of the molecule is COC1=C(C(=O)N=c2ccccn2C)N(C)S(=O)(=O)c2ccccc21. The number of ether oxygens (including phenoxy) is 1. The van der Waals surface area contributed by atoms with Crippen LogP contribution in [0, 0.1) is 0 Å². The molecule has 1 aliphatic rings. The van der Waals surface area contributed by atoms with E-state index in [4.69, 9.17) is 4.74 Å². The van der Waals surface area contributed by atoms with E-state index in [-0.39, 0.29) is 16.4 Å². The molecule has 1 amide bonds. The van der Waals surface area contributed by atoms with Gasteiger partial charge in [0.25, 0.3) is 15.9 Å². The molecule has 25 heavy (non-hydrogen) atoms. The van der Waals surface area contributed by atoms with Crippen LogP contribution in [-0.4, -0.2) is 37.4 Å². The second-order valence-electron chi connectivity index (χ2n) is 5.44. The van der Waals surface area contributed by atoms with Crippen LogP contribution in [0.5, 0.6) is 0 Å². The fraction of sp³-hybridized carbons (Fsp3) is 0.176. The van der Waals surface area contributed by atoms with Crippen molar-refractivity contribution >= 4 is 21.7 Å². The number of benzene rings is 1. The molecule has 0 saturated carbocycles. The summed E-state index contributed by atoms with van der Waals surface area (Å²) < 4.78 is 33.4. The van der Waals surface area contributed by atoms with Crippen LogP contribution in [0.1, 0.15) is 5.56 Å². The Kier molecular flexibility index (Phi) is 4.22. The molecule has 8 heteroatoms. The van der Waals surface area contributed by atoms with Gasteiger partial charge in [-0.25, -0.2) is 8.42 Å². The maximum atomic E-state index is 12.8. The Balaban J connectivity index is 2.27. The van der Waals surface area contributed by atoms with Crippen LogP contribution in [0.2, 0.25) is 0 Å². The Hall–Kier alpha value is -2.87. The Morgan fingerprint density at radius 1 is 1.08 bits per heavy atom. The topological polar surface area (TPSA) is 81.0 Å². The highest BCUT2D eigenvalue weighted by atomic mass is 32.2. The fourth-order valence-corrected chi connectivity index (χ4v) is 4.03. The minimum atomic E-state index is -3.85. The first-order chi connectivity index (χ1) is 11.9. The third-order valence-corrected chi connectivity index (χ3v) is 5.77. The molecule has 1 aromatic carbocycles. The average molecular weight is 359 g/mol. The van der Waals surface area contributed by atoms with Crippen molar-refractivity contribution in [1.29, 1.82) is 0 Å². The lowest BCUT2D eigenvalue weighted by Crippen LogP contribution is -2.35. The molecule has 0 fully saturated rings. The molecular weight excluding hydrogens is 342 g/mol. The Bertz CT molecular complexity index is 1050. The zero-order chi connectivity index (χ0) is 18.2. The zero-order valence-electron chi connectivity index (χ0n) is 14.0. The molecule has 130 valence electrons. The summed E-state index contributed by atoms with van der Waals surface area (Å²) in [5, 5.41) is 0. The first-order valence-corrected chi connectivity index (χ1v) is 8.89. The van der Waals surface area contributed by atoms with Crippen LogP contribution in [0.3, 0.4) is 0 Å². The number of likely N-dealkylation sites (N-methyl/N-ethyl adjacent to an activating group) is 1. The number of sulfonamides is 1. The minimum Gasteiger partial charge on any atom is -0.494 e. The van der Waals surface area contributed by atoms with Crippen molar-refractivity contribution in [3.8, 4) is 0 Å². The number of amides is 1. The molecule has 2 aromatic rings. The third-order valence-electron chi connectivity index (χ3n) is 3.95. The molecule has 0 unspecified atom stereocenters. The number of rotatable bonds is 2. The van der Waals surface area contributed by atoms with Crippen molar-refractivity contribution in [2.45, 2.75) is 4.90 Å². The lowest BCUT2D eigenvalue weighted by molar-refractivity contribution is -0.115. The van der Waals surface area contributed by atoms with E-state index >= 15 is 0 Å². The van der Waals surface area contributed by atoms with Crippen LogP contribution in [0.15, 0.2) is 64.2 Å². The summed E-state index contributed by atoms with van der Waals surface area (Å²) in [4.78, 5) is 16.9. The van der Waals surface area contributed by atoms with E-state index in [1.807, 2.05) is 0 Å². The number of pyridine rings is 1. The van der Waals surface area contributed by atoms with Crippen LogP contribution in [-0.2, 0) is 26.6 Å². The van der Waals surface area contributed by atoms with Crippen molar-refractivity contribution in [2.75, 3.05) is 14.2 Å². The summed E-state index contributed by atoms with van der Waals surface area (Å²) in [6, 6.07) is 11.6. The van der Waals surface area contributed by atoms with Crippen molar-refractivity contribution < 1.29 is 17.9 Å². The molecule has 0 aliphatic carbocycles. The number of nitrogens with zero attached hydrogens (tertiary/aromatic N) is 3. The average Bonchev–Trinajstić information content (AvgIpc) is 2.60. The van der Waals surface area contributed by atoms with Gasteiger partial charge in [-0.05, 0) is 24.3 Å². The quantitative estimate of drug-likeness (QED) is 0.804. The monoisotopic (exact) mass is 359 g/mol. The predicted octanol–water partition coefficient (Wildman–Crippen LogP) is 1.10. The van der Waals surface area contributed by atoms with Gasteiger partial charge >= 0.3 is 0 Å². The van der Waals surface area contributed by atoms with Crippen molar-refractivity contribution in [3.05, 3.63) is 65.4 Å². The van der Waals surface area contributed by atoms with Gasteiger partial charge in [-0.1, -0.05) is 18.2 Å². The highest BCUT2D eigenvalue weighted by Crippen LogP contribution is 2.36. The molecule has 0 atom stereocenters. The number of aryl methyl sites for hydroxylation is 1. The lowest BCUT2D eigenvalue weighted by atomic mass is 10.1. The molecule has 0 saturated heterocycles. The molecule has 1 aliphatic heterocycles. The van der Waals surface area contributed by atoms with E-state index in [1.54, 1.807) is 54.2 Å². The molecule has 0 radical (unpaired) electrons. The summed E-state index contributed by atoms with van der Waals surface area (Å²) >= 11 is 0. The van der Waals surface area contributed by atoms with Gasteiger partial charge < -0.3 is 9.30 Å². The summed E-state index contributed by atoms with van der Waals surface area (Å²) in [5.74, 6) is -0.514. The number of carbonyl (C=O) groups is 1. The number of fused-ring (bicyclic) bond motifs is 1. The molecule has 7 nitrogen and oxygen atoms in total. The zero-order valence-corrected chi connectivity index (χ0v) is 14.8. The van der Waals surface area contributed by atoms with Gasteiger partial charge in [-0.15, -0.1) is 0 Å². The first-order valence-electron chi connectivity index (χ1n) is 7.45. The van der Waals surface area contributed by atoms with Gasteiger partial charge in [0.1, 0.15) is 5.49 Å². The number of carbonyl (C=O) groups excluding carboxylic acids is 1. The van der Waals surface area contributed by atoms with Crippen LogP contribution < -0.4 is 5.49 Å². The highest BCUT2D eigenvalue weighted by Gasteiger charge is 2.38. The van der Waals surface area contributed by atoms with Crippen molar-refractivity contribution in [2.24, 2.45) is 12.0 Å². The van der Waals surface area contributed by atoms with E-state index < -0.39 is 15.9 Å². The summed E-state index contributed by atoms with van der Waals surface area (Å²) in [6.07, 6.45) is 1.74. The summed E-state index contributed by atoms with van der Waals surface area (Å²) in [5.41, 5.74) is 0.629. The normalized spacial score (nSPS) is 16.6. The predicted molar refractivity (Wildman–Crippen MR) is 91.3 cm³/mol. The molecule has 0 spiro atoms. The molecular formula is C17H17N3O4S. The van der Waals surface area contributed by atoms with Crippen LogP contribution >= 0.6 is 0 Å². The van der Waals surface area contributed by atoms with E-state index in [1.165, 1.54) is 20.2 Å². The first kappa shape index (κ1) is 17.0. The number of methoxy groups -OCH3 is 1. The largest absolute Gasteiger partial charge is 0.494 e. The van der Waals surface area contributed by atoms with Gasteiger partial charge in [0, 0.05) is 25.9 Å². The summed E-state index contributed by atoms with van der Waals surface area (Å²) in [6.45, 7) is 0. The standard InChI is InChI=1S/C17H17N3O4S/c1-19-11-7-6-10-14(19)18-17(21)15-16(24-3)12-8-4-5-9-13(12)25(22,23)20(15)2/h4-11H,1-3H3. The van der Waals surface area contributed by atoms with Crippen LogP contribution in [0.25, 0.3) is 5.76 Å². The Morgan fingerprint density at radius 3 is 2.44 bits per heavy atom. The minimum absolute atomic E-state index is 0.0937. The fourth-order valence-electron chi connectivity index (χ4n) is 2.64. The maximum absolute atomic E-state index is 12.8. The maximum Gasteiger partial charge on any atom is 0.300 e. The van der Waals surface area contributed by atoms with Crippen molar-refractivity contribution in [1.82, 2.24) is 8.87 Å². The second-order valence-corrected chi connectivity index (χ2v) is 7.37. The van der Waals surface area contributed by atoms with Gasteiger partial charge in [0.15, 0.2) is 11.5 Å². The van der Waals surface area contributed by atoms with E-state index in [2.05, 4.69) is 4.99 Å². The molecule has 0 N–H and O–H groups in total. The van der Waals surface area contributed by atoms with Crippen molar-refractivity contribution in [3.63, 3.8) is 0 Å². The number of hydrogen-bond acceptors (Lipinski definition) is 4. The lowest BCUT2D eigenvalue weighted by Gasteiger charge is -2.28. The molecule has 1 aromatic heterocycles. The Labute approximate surface area is 145 Å². The van der Waals surface area contributed by atoms with Gasteiger partial charge in [-0.2, -0.15) is 4.99 Å². The van der Waals surface area contributed by atoms with Gasteiger partial charge in [0.05, 0.1) is 12.0 Å². The van der Waals surface area contributed by atoms with E-state index in [0.29, 0.717) is 11.1 Å². The van der Waals surface area contributed by atoms with Gasteiger partial charge in [0.2, 0.25) is 0 Å². The second kappa shape index (κ2) is 6.21. The third kappa shape index (κ3) is 2.74. The molecule has 2 heterocycles. The number of hydrogen-bond donors (Lipinski definition) is 0. The van der Waals surface area contributed by atoms with E-state index in [9.17, 15) is 13.2 Å². The smallest absolute Gasteiger partial charge is 0.300 e. The molecule has 3 rings (SSSR count).